The Bertz CT molecular complexity index is 160. The van der Waals surface area contributed by atoms with Crippen molar-refractivity contribution in [3.63, 3.8) is 0 Å². The van der Waals surface area contributed by atoms with Crippen molar-refractivity contribution in [1.82, 2.24) is 4.90 Å². The van der Waals surface area contributed by atoms with Crippen LogP contribution in [0.15, 0.2) is 0 Å². The molecule has 1 aliphatic heterocycles. The van der Waals surface area contributed by atoms with Gasteiger partial charge in [0.15, 0.2) is 0 Å². The molecule has 1 N–H and O–H groups in total. The number of methoxy groups -OCH3 is 1. The van der Waals surface area contributed by atoms with E-state index in [0.717, 1.165) is 32.7 Å². The highest BCUT2D eigenvalue weighted by Gasteiger charge is 2.13. The summed E-state index contributed by atoms with van der Waals surface area (Å²) in [6, 6.07) is 0. The predicted octanol–water partition coefficient (Wildman–Crippen LogP) is -0.267. The van der Waals surface area contributed by atoms with Gasteiger partial charge in [-0.2, -0.15) is 0 Å². The summed E-state index contributed by atoms with van der Waals surface area (Å²) in [5.41, 5.74) is 0. The molecule has 5 nitrogen and oxygen atoms in total. The minimum atomic E-state index is -0.421. The summed E-state index contributed by atoms with van der Waals surface area (Å²) < 4.78 is 15.5. The highest BCUT2D eigenvalue weighted by Crippen LogP contribution is 2.00. The lowest BCUT2D eigenvalue weighted by Crippen LogP contribution is -2.36. The smallest absolute Gasteiger partial charge is 0.0900 e. The van der Waals surface area contributed by atoms with Crippen LogP contribution in [-0.2, 0) is 14.2 Å². The van der Waals surface area contributed by atoms with E-state index in [-0.39, 0.29) is 0 Å². The Labute approximate surface area is 97.3 Å². The first-order chi connectivity index (χ1) is 7.83. The van der Waals surface area contributed by atoms with Crippen LogP contribution in [0.5, 0.6) is 0 Å². The molecule has 0 radical (unpaired) electrons. The topological polar surface area (TPSA) is 51.2 Å². The molecule has 1 heterocycles. The van der Waals surface area contributed by atoms with E-state index in [0.29, 0.717) is 26.4 Å². The molecule has 1 atom stereocenters. The zero-order valence-corrected chi connectivity index (χ0v) is 10.1. The number of hydrogen-bond acceptors (Lipinski definition) is 5. The lowest BCUT2D eigenvalue weighted by atomic mass is 10.3. The Morgan fingerprint density at radius 2 is 2.19 bits per heavy atom. The monoisotopic (exact) mass is 233 g/mol. The van der Waals surface area contributed by atoms with Gasteiger partial charge in [-0.05, 0) is 6.42 Å². The van der Waals surface area contributed by atoms with Gasteiger partial charge in [0, 0.05) is 33.4 Å². The Morgan fingerprint density at radius 3 is 3.00 bits per heavy atom. The fourth-order valence-corrected chi connectivity index (χ4v) is 1.69. The molecule has 0 bridgehead atoms. The number of β-amino-alcohol motifs (C(OH)–C–C–N with tert-alkyl or cyclic N) is 1. The lowest BCUT2D eigenvalue weighted by Gasteiger charge is -2.22. The van der Waals surface area contributed by atoms with E-state index in [2.05, 4.69) is 4.90 Å². The van der Waals surface area contributed by atoms with Crippen molar-refractivity contribution in [3.8, 4) is 0 Å². The fraction of sp³-hybridized carbons (Fsp3) is 1.00. The van der Waals surface area contributed by atoms with Crippen LogP contribution in [0.25, 0.3) is 0 Å². The lowest BCUT2D eigenvalue weighted by molar-refractivity contribution is -0.000681. The normalized spacial score (nSPS) is 20.6. The van der Waals surface area contributed by atoms with E-state index < -0.39 is 6.10 Å². The number of hydrogen-bond donors (Lipinski definition) is 1. The largest absolute Gasteiger partial charge is 0.389 e. The molecular formula is C11H23NO4. The quantitative estimate of drug-likeness (QED) is 0.614. The van der Waals surface area contributed by atoms with Crippen LogP contribution in [-0.4, -0.2) is 75.9 Å². The van der Waals surface area contributed by atoms with Crippen LogP contribution in [0.1, 0.15) is 6.42 Å². The Morgan fingerprint density at radius 1 is 1.31 bits per heavy atom. The Kier molecular flexibility index (Phi) is 7.71. The first kappa shape index (κ1) is 13.9. The molecule has 0 aliphatic carbocycles. The third-order valence-corrected chi connectivity index (χ3v) is 2.53. The summed E-state index contributed by atoms with van der Waals surface area (Å²) in [7, 11) is 1.64. The number of ether oxygens (including phenoxy) is 3. The third-order valence-electron chi connectivity index (χ3n) is 2.53. The molecule has 1 aliphatic rings. The fourth-order valence-electron chi connectivity index (χ4n) is 1.69. The van der Waals surface area contributed by atoms with Crippen molar-refractivity contribution < 1.29 is 19.3 Å². The van der Waals surface area contributed by atoms with Crippen LogP contribution >= 0.6 is 0 Å². The van der Waals surface area contributed by atoms with Crippen molar-refractivity contribution in [2.45, 2.75) is 12.5 Å². The highest BCUT2D eigenvalue weighted by molar-refractivity contribution is 4.66. The Hall–Kier alpha value is -0.200. The second-order valence-electron chi connectivity index (χ2n) is 3.99. The highest BCUT2D eigenvalue weighted by atomic mass is 16.5. The average molecular weight is 233 g/mol. The second-order valence-corrected chi connectivity index (χ2v) is 3.99. The Balaban J connectivity index is 2.04. The van der Waals surface area contributed by atoms with Crippen LogP contribution in [0.2, 0.25) is 0 Å². The molecule has 1 saturated heterocycles. The average Bonchev–Trinajstić information content (AvgIpc) is 2.53. The summed E-state index contributed by atoms with van der Waals surface area (Å²) in [4.78, 5) is 2.22. The predicted molar refractivity (Wildman–Crippen MR) is 60.6 cm³/mol. The van der Waals surface area contributed by atoms with E-state index in [1.165, 1.54) is 0 Å². The van der Waals surface area contributed by atoms with Crippen LogP contribution in [0.4, 0.5) is 0 Å². The SMILES string of the molecule is COCCOCC(O)CN1CCCOCC1. The molecule has 0 aromatic heterocycles. The maximum absolute atomic E-state index is 9.74. The first-order valence-electron chi connectivity index (χ1n) is 5.88. The summed E-state index contributed by atoms with van der Waals surface area (Å²) in [6.07, 6.45) is 0.618. The standard InChI is InChI=1S/C11H23NO4/c1-14-7-8-16-10-11(13)9-12-3-2-5-15-6-4-12/h11,13H,2-10H2,1H3. The van der Waals surface area contributed by atoms with Crippen LogP contribution in [0, 0.1) is 0 Å². The van der Waals surface area contributed by atoms with E-state index in [4.69, 9.17) is 14.2 Å². The first-order valence-corrected chi connectivity index (χ1v) is 5.88. The number of aliphatic hydroxyl groups is 1. The van der Waals surface area contributed by atoms with Crippen molar-refractivity contribution in [2.75, 3.05) is 59.8 Å². The molecule has 1 unspecified atom stereocenters. The molecule has 96 valence electrons. The van der Waals surface area contributed by atoms with Crippen molar-refractivity contribution in [2.24, 2.45) is 0 Å². The van der Waals surface area contributed by atoms with Gasteiger partial charge in [0.2, 0.25) is 0 Å². The van der Waals surface area contributed by atoms with Gasteiger partial charge in [0.1, 0.15) is 0 Å². The molecular weight excluding hydrogens is 210 g/mol. The van der Waals surface area contributed by atoms with E-state index >= 15 is 0 Å². The molecule has 0 aromatic carbocycles. The van der Waals surface area contributed by atoms with Gasteiger partial charge in [0.05, 0.1) is 32.5 Å². The zero-order valence-electron chi connectivity index (χ0n) is 10.1. The number of aliphatic hydroxyl groups excluding tert-OH is 1. The summed E-state index contributed by atoms with van der Waals surface area (Å²) in [5.74, 6) is 0. The molecule has 1 fully saturated rings. The van der Waals surface area contributed by atoms with Crippen molar-refractivity contribution >= 4 is 0 Å². The summed E-state index contributed by atoms with van der Waals surface area (Å²) in [6.45, 7) is 5.64. The van der Waals surface area contributed by atoms with Gasteiger partial charge in [-0.15, -0.1) is 0 Å². The minimum absolute atomic E-state index is 0.376. The van der Waals surface area contributed by atoms with Gasteiger partial charge < -0.3 is 19.3 Å². The van der Waals surface area contributed by atoms with Crippen LogP contribution in [0.3, 0.4) is 0 Å². The molecule has 0 spiro atoms. The van der Waals surface area contributed by atoms with E-state index in [1.807, 2.05) is 0 Å². The third kappa shape index (κ3) is 6.40. The minimum Gasteiger partial charge on any atom is -0.389 e. The zero-order chi connectivity index (χ0) is 11.6. The summed E-state index contributed by atoms with van der Waals surface area (Å²) in [5, 5.41) is 9.74. The van der Waals surface area contributed by atoms with E-state index in [9.17, 15) is 5.11 Å². The number of rotatable bonds is 7. The maximum atomic E-state index is 9.74. The van der Waals surface area contributed by atoms with Crippen molar-refractivity contribution in [1.29, 1.82) is 0 Å². The second kappa shape index (κ2) is 8.90. The molecule has 0 aromatic rings. The molecule has 16 heavy (non-hydrogen) atoms. The summed E-state index contributed by atoms with van der Waals surface area (Å²) >= 11 is 0. The molecule has 0 amide bonds. The van der Waals surface area contributed by atoms with Gasteiger partial charge in [0.25, 0.3) is 0 Å². The molecule has 0 saturated carbocycles. The maximum Gasteiger partial charge on any atom is 0.0900 e. The molecule has 1 rings (SSSR count). The van der Waals surface area contributed by atoms with Gasteiger partial charge in [-0.3, -0.25) is 4.90 Å². The van der Waals surface area contributed by atoms with Gasteiger partial charge >= 0.3 is 0 Å². The van der Waals surface area contributed by atoms with E-state index in [1.54, 1.807) is 7.11 Å². The molecule has 5 heteroatoms. The van der Waals surface area contributed by atoms with Gasteiger partial charge in [-0.1, -0.05) is 0 Å². The van der Waals surface area contributed by atoms with Crippen LogP contribution < -0.4 is 0 Å². The number of nitrogens with zero attached hydrogens (tertiary/aromatic N) is 1. The van der Waals surface area contributed by atoms with Crippen molar-refractivity contribution in [3.05, 3.63) is 0 Å². The van der Waals surface area contributed by atoms with Gasteiger partial charge in [-0.25, -0.2) is 0 Å².